The minimum Gasteiger partial charge on any atom is -0.463 e. The van der Waals surface area contributed by atoms with Gasteiger partial charge in [0.1, 0.15) is 6.61 Å². The molecule has 2 aromatic rings. The number of amides is 2. The number of aliphatic hydroxyl groups excluding tert-OH is 1. The minimum atomic E-state index is -0.550. The first kappa shape index (κ1) is 32.5. The van der Waals surface area contributed by atoms with E-state index in [2.05, 4.69) is 5.32 Å². The molecule has 2 N–H and O–H groups in total. The summed E-state index contributed by atoms with van der Waals surface area (Å²) in [4.78, 5) is 42.1. The molecule has 2 aliphatic rings. The molecule has 232 valence electrons. The Morgan fingerprint density at radius 1 is 0.884 bits per heavy atom. The quantitative estimate of drug-likeness (QED) is 0.278. The van der Waals surface area contributed by atoms with E-state index in [9.17, 15) is 19.5 Å². The van der Waals surface area contributed by atoms with Crippen LogP contribution in [0.3, 0.4) is 0 Å². The topological polar surface area (TPSA) is 95.9 Å². The molecule has 43 heavy (non-hydrogen) atoms. The number of benzene rings is 2. The first-order chi connectivity index (χ1) is 21.0. The van der Waals surface area contributed by atoms with Crippen LogP contribution >= 0.6 is 0 Å². The molecule has 0 bridgehead atoms. The third kappa shape index (κ3) is 11.0. The molecule has 7 heteroatoms. The van der Waals surface area contributed by atoms with Gasteiger partial charge in [0.2, 0.25) is 11.8 Å². The number of esters is 1. The summed E-state index contributed by atoms with van der Waals surface area (Å²) >= 11 is 0. The van der Waals surface area contributed by atoms with Crippen LogP contribution < -0.4 is 5.32 Å². The van der Waals surface area contributed by atoms with Crippen LogP contribution in [0.15, 0.2) is 72.8 Å². The smallest absolute Gasteiger partial charge is 0.309 e. The van der Waals surface area contributed by atoms with Gasteiger partial charge in [0.15, 0.2) is 0 Å². The predicted molar refractivity (Wildman–Crippen MR) is 168 cm³/mol. The standard InChI is InChI=1S/C36H48N2O5/c39-22-21-38(26-30-17-9-3-10-18-30)34(40)25-31-19-11-4-12-20-32(23-28-13-5-1-6-14-28)36(42)43-27-33(37-35(31)41)24-29-15-7-2-8-16-29/h1,3-6,9-11,13-14,17-18,29,31-33,39H,2,7-8,12,15-16,19-27H2,(H,37,41). The molecule has 7 nitrogen and oxygen atoms in total. The normalized spacial score (nSPS) is 22.4. The summed E-state index contributed by atoms with van der Waals surface area (Å²) in [5.41, 5.74) is 2.08. The molecular formula is C36H48N2O5. The summed E-state index contributed by atoms with van der Waals surface area (Å²) < 4.78 is 5.92. The van der Waals surface area contributed by atoms with E-state index in [1.54, 1.807) is 4.90 Å². The Bertz CT molecular complexity index is 1160. The zero-order valence-electron chi connectivity index (χ0n) is 25.4. The second-order valence-electron chi connectivity index (χ2n) is 12.2. The fraction of sp³-hybridized carbons (Fsp3) is 0.528. The molecule has 3 atom stereocenters. The number of rotatable bonds is 10. The van der Waals surface area contributed by atoms with Gasteiger partial charge in [-0.3, -0.25) is 14.4 Å². The zero-order chi connectivity index (χ0) is 30.3. The fourth-order valence-corrected chi connectivity index (χ4v) is 6.33. The van der Waals surface area contributed by atoms with E-state index in [1.165, 1.54) is 19.3 Å². The SMILES string of the molecule is O=C1NC(CC2CCCCC2)COC(=O)C(Cc2ccccc2)CCC=CCC1CC(=O)N(CCO)Cc1ccccc1. The summed E-state index contributed by atoms with van der Waals surface area (Å²) in [5.74, 6) is -0.883. The van der Waals surface area contributed by atoms with Gasteiger partial charge in [0, 0.05) is 19.5 Å². The van der Waals surface area contributed by atoms with E-state index in [0.29, 0.717) is 38.1 Å². The Morgan fingerprint density at radius 2 is 1.58 bits per heavy atom. The Balaban J connectivity index is 1.49. The number of carbonyl (C=O) groups excluding carboxylic acids is 3. The Hall–Kier alpha value is -3.45. The lowest BCUT2D eigenvalue weighted by Gasteiger charge is -2.29. The Kier molecular flexibility index (Phi) is 13.3. The van der Waals surface area contributed by atoms with Crippen LogP contribution in [0.1, 0.15) is 75.3 Å². The zero-order valence-corrected chi connectivity index (χ0v) is 25.4. The molecular weight excluding hydrogens is 540 g/mol. The van der Waals surface area contributed by atoms with Crippen molar-refractivity contribution in [3.8, 4) is 0 Å². The molecule has 0 saturated heterocycles. The third-order valence-electron chi connectivity index (χ3n) is 8.77. The highest BCUT2D eigenvalue weighted by Gasteiger charge is 2.29. The van der Waals surface area contributed by atoms with Gasteiger partial charge in [0.05, 0.1) is 24.5 Å². The summed E-state index contributed by atoms with van der Waals surface area (Å²) in [6.07, 6.45) is 13.1. The van der Waals surface area contributed by atoms with Crippen molar-refractivity contribution in [1.82, 2.24) is 10.2 Å². The second kappa shape index (κ2) is 17.6. The number of allylic oxidation sites excluding steroid dienone is 2. The van der Waals surface area contributed by atoms with Gasteiger partial charge < -0.3 is 20.1 Å². The summed E-state index contributed by atoms with van der Waals surface area (Å²) in [6, 6.07) is 19.4. The van der Waals surface area contributed by atoms with E-state index in [1.807, 2.05) is 72.8 Å². The summed E-state index contributed by atoms with van der Waals surface area (Å²) in [5, 5.41) is 12.9. The highest BCUT2D eigenvalue weighted by atomic mass is 16.5. The van der Waals surface area contributed by atoms with Crippen molar-refractivity contribution >= 4 is 17.8 Å². The molecule has 1 heterocycles. The van der Waals surface area contributed by atoms with E-state index in [0.717, 1.165) is 30.4 Å². The lowest BCUT2D eigenvalue weighted by Crippen LogP contribution is -2.45. The third-order valence-corrected chi connectivity index (χ3v) is 8.77. The molecule has 1 saturated carbocycles. The van der Waals surface area contributed by atoms with Crippen molar-refractivity contribution in [3.63, 3.8) is 0 Å². The minimum absolute atomic E-state index is 0.0512. The summed E-state index contributed by atoms with van der Waals surface area (Å²) in [7, 11) is 0. The van der Waals surface area contributed by atoms with Gasteiger partial charge in [-0.05, 0) is 49.1 Å². The molecule has 0 aromatic heterocycles. The molecule has 1 aliphatic carbocycles. The number of carbonyl (C=O) groups is 3. The van der Waals surface area contributed by atoms with Crippen molar-refractivity contribution in [2.45, 2.75) is 83.2 Å². The predicted octanol–water partition coefficient (Wildman–Crippen LogP) is 5.61. The highest BCUT2D eigenvalue weighted by Crippen LogP contribution is 2.28. The van der Waals surface area contributed by atoms with Crippen LogP contribution in [0.5, 0.6) is 0 Å². The van der Waals surface area contributed by atoms with E-state index >= 15 is 0 Å². The lowest BCUT2D eigenvalue weighted by molar-refractivity contribution is -0.150. The summed E-state index contributed by atoms with van der Waals surface area (Å²) in [6.45, 7) is 0.591. The van der Waals surface area contributed by atoms with Crippen LogP contribution in [0.4, 0.5) is 0 Å². The van der Waals surface area contributed by atoms with Crippen molar-refractivity contribution in [2.24, 2.45) is 17.8 Å². The Labute approximate surface area is 256 Å². The van der Waals surface area contributed by atoms with Gasteiger partial charge in [-0.1, -0.05) is 105 Å². The van der Waals surface area contributed by atoms with E-state index in [4.69, 9.17) is 4.74 Å². The maximum atomic E-state index is 13.7. The molecule has 1 aliphatic heterocycles. The first-order valence-corrected chi connectivity index (χ1v) is 16.1. The maximum absolute atomic E-state index is 13.7. The van der Waals surface area contributed by atoms with Gasteiger partial charge in [-0.25, -0.2) is 0 Å². The maximum Gasteiger partial charge on any atom is 0.309 e. The van der Waals surface area contributed by atoms with Crippen LogP contribution in [0.25, 0.3) is 0 Å². The fourth-order valence-electron chi connectivity index (χ4n) is 6.33. The van der Waals surface area contributed by atoms with Gasteiger partial charge >= 0.3 is 5.97 Å². The van der Waals surface area contributed by atoms with Crippen molar-refractivity contribution in [3.05, 3.63) is 83.9 Å². The average molecular weight is 589 g/mol. The number of hydrogen-bond donors (Lipinski definition) is 2. The van der Waals surface area contributed by atoms with Gasteiger partial charge in [-0.15, -0.1) is 0 Å². The number of nitrogens with one attached hydrogen (secondary N) is 1. The largest absolute Gasteiger partial charge is 0.463 e. The molecule has 0 radical (unpaired) electrons. The second-order valence-corrected chi connectivity index (χ2v) is 12.2. The lowest BCUT2D eigenvalue weighted by atomic mass is 9.84. The Morgan fingerprint density at radius 3 is 2.28 bits per heavy atom. The van der Waals surface area contributed by atoms with Gasteiger partial charge in [-0.2, -0.15) is 0 Å². The molecule has 4 rings (SSSR count). The number of aliphatic hydroxyl groups is 1. The monoisotopic (exact) mass is 588 g/mol. The average Bonchev–Trinajstić information content (AvgIpc) is 3.03. The van der Waals surface area contributed by atoms with Crippen LogP contribution in [0.2, 0.25) is 0 Å². The number of nitrogens with zero attached hydrogens (tertiary/aromatic N) is 1. The number of ether oxygens (including phenoxy) is 1. The first-order valence-electron chi connectivity index (χ1n) is 16.1. The van der Waals surface area contributed by atoms with Crippen LogP contribution in [0, 0.1) is 17.8 Å². The van der Waals surface area contributed by atoms with Crippen LogP contribution in [-0.2, 0) is 32.1 Å². The van der Waals surface area contributed by atoms with Gasteiger partial charge in [0.25, 0.3) is 0 Å². The highest BCUT2D eigenvalue weighted by molar-refractivity contribution is 5.86. The molecule has 2 aromatic carbocycles. The van der Waals surface area contributed by atoms with Crippen LogP contribution in [-0.4, -0.2) is 53.6 Å². The molecule has 1 fully saturated rings. The number of hydrogen-bond acceptors (Lipinski definition) is 5. The van der Waals surface area contributed by atoms with Crippen molar-refractivity contribution < 1.29 is 24.2 Å². The van der Waals surface area contributed by atoms with Crippen molar-refractivity contribution in [1.29, 1.82) is 0 Å². The molecule has 2 amide bonds. The van der Waals surface area contributed by atoms with E-state index in [-0.39, 0.29) is 55.9 Å². The molecule has 0 spiro atoms. The van der Waals surface area contributed by atoms with Crippen molar-refractivity contribution in [2.75, 3.05) is 19.8 Å². The molecule has 3 unspecified atom stereocenters. The van der Waals surface area contributed by atoms with E-state index < -0.39 is 5.92 Å². The number of cyclic esters (lactones) is 1.